The first-order valence-electron chi connectivity index (χ1n) is 7.48. The largest absolute Gasteiger partial charge is 0.496 e. The van der Waals surface area contributed by atoms with Crippen molar-refractivity contribution in [3.63, 3.8) is 0 Å². The number of amides is 1. The van der Waals surface area contributed by atoms with E-state index in [1.54, 1.807) is 6.07 Å². The van der Waals surface area contributed by atoms with Crippen LogP contribution in [0, 0.1) is 27.3 Å². The van der Waals surface area contributed by atoms with Crippen molar-refractivity contribution in [2.75, 3.05) is 19.5 Å². The summed E-state index contributed by atoms with van der Waals surface area (Å²) in [5.41, 5.74) is -0.232. The van der Waals surface area contributed by atoms with Crippen molar-refractivity contribution in [1.82, 2.24) is 0 Å². The van der Waals surface area contributed by atoms with Crippen molar-refractivity contribution < 1.29 is 23.6 Å². The van der Waals surface area contributed by atoms with E-state index in [-0.39, 0.29) is 34.0 Å². The van der Waals surface area contributed by atoms with Gasteiger partial charge in [0.1, 0.15) is 23.2 Å². The number of ether oxygens (including phenoxy) is 2. The summed E-state index contributed by atoms with van der Waals surface area (Å²) in [5.74, 6) is -1.08. The number of hydrogen-bond donors (Lipinski definition) is 1. The van der Waals surface area contributed by atoms with Crippen LogP contribution >= 0.6 is 0 Å². The lowest BCUT2D eigenvalue weighted by Gasteiger charge is -2.09. The maximum atomic E-state index is 12.9. The molecule has 0 aromatic heterocycles. The molecule has 0 heterocycles. The first-order valence-corrected chi connectivity index (χ1v) is 7.48. The highest BCUT2D eigenvalue weighted by Gasteiger charge is 2.20. The summed E-state index contributed by atoms with van der Waals surface area (Å²) in [6.45, 7) is 0. The van der Waals surface area contributed by atoms with Gasteiger partial charge in [-0.2, -0.15) is 5.26 Å². The van der Waals surface area contributed by atoms with Crippen molar-refractivity contribution in [1.29, 1.82) is 5.26 Å². The van der Waals surface area contributed by atoms with Gasteiger partial charge in [-0.05, 0) is 30.3 Å². The molecule has 1 amide bonds. The van der Waals surface area contributed by atoms with Crippen LogP contribution in [0.4, 0.5) is 15.8 Å². The normalized spacial score (nSPS) is 10.7. The number of anilines is 1. The molecule has 0 radical (unpaired) electrons. The number of methoxy groups -OCH3 is 2. The lowest BCUT2D eigenvalue weighted by molar-refractivity contribution is -0.385. The van der Waals surface area contributed by atoms with E-state index in [0.717, 1.165) is 24.3 Å². The van der Waals surface area contributed by atoms with Gasteiger partial charge in [0.25, 0.3) is 5.91 Å². The molecule has 0 aliphatic heterocycles. The predicted molar refractivity (Wildman–Crippen MR) is 94.8 cm³/mol. The summed E-state index contributed by atoms with van der Waals surface area (Å²) in [7, 11) is 2.61. The zero-order valence-corrected chi connectivity index (χ0v) is 14.4. The minimum absolute atomic E-state index is 0.0247. The van der Waals surface area contributed by atoms with Gasteiger partial charge in [-0.15, -0.1) is 0 Å². The van der Waals surface area contributed by atoms with Crippen LogP contribution in [0.2, 0.25) is 0 Å². The van der Waals surface area contributed by atoms with Gasteiger partial charge in [0.15, 0.2) is 0 Å². The molecule has 1 N–H and O–H groups in total. The van der Waals surface area contributed by atoms with E-state index in [1.165, 1.54) is 32.4 Å². The summed E-state index contributed by atoms with van der Waals surface area (Å²) >= 11 is 0. The summed E-state index contributed by atoms with van der Waals surface area (Å²) in [6, 6.07) is 9.13. The molecule has 0 fully saturated rings. The van der Waals surface area contributed by atoms with Gasteiger partial charge >= 0.3 is 5.69 Å². The molecule has 27 heavy (non-hydrogen) atoms. The second kappa shape index (κ2) is 8.44. The van der Waals surface area contributed by atoms with E-state index >= 15 is 0 Å². The van der Waals surface area contributed by atoms with Crippen LogP contribution in [0.5, 0.6) is 11.5 Å². The Balaban J connectivity index is 2.42. The highest BCUT2D eigenvalue weighted by Crippen LogP contribution is 2.35. The van der Waals surface area contributed by atoms with Crippen molar-refractivity contribution in [2.45, 2.75) is 0 Å². The van der Waals surface area contributed by atoms with Crippen LogP contribution in [-0.4, -0.2) is 25.1 Å². The average Bonchev–Trinajstić information content (AvgIpc) is 2.66. The van der Waals surface area contributed by atoms with Crippen LogP contribution in [0.15, 0.2) is 42.0 Å². The van der Waals surface area contributed by atoms with Crippen LogP contribution in [0.1, 0.15) is 5.56 Å². The molecular weight excluding hydrogens is 357 g/mol. The molecule has 9 heteroatoms. The fourth-order valence-electron chi connectivity index (χ4n) is 2.20. The Bertz CT molecular complexity index is 949. The molecule has 0 atom stereocenters. The standard InChI is InChI=1S/C18H14FN3O5/c1-26-16-9-17(27-2)15(22(24)25)8-11(16)7-12(10-20)18(23)21-14-5-3-13(19)4-6-14/h3-9H,1-2H3,(H,21,23)/b12-7+. The number of nitro benzene ring substituents is 1. The molecule has 2 rings (SSSR count). The molecule has 2 aromatic carbocycles. The number of rotatable bonds is 6. The quantitative estimate of drug-likeness (QED) is 0.361. The Kier molecular flexibility index (Phi) is 6.06. The molecule has 8 nitrogen and oxygen atoms in total. The summed E-state index contributed by atoms with van der Waals surface area (Å²) < 4.78 is 23.0. The minimum Gasteiger partial charge on any atom is -0.496 e. The van der Waals surface area contributed by atoms with Crippen molar-refractivity contribution in [3.05, 3.63) is 63.5 Å². The number of nitriles is 1. The van der Waals surface area contributed by atoms with Crippen molar-refractivity contribution in [3.8, 4) is 17.6 Å². The summed E-state index contributed by atoms with van der Waals surface area (Å²) in [4.78, 5) is 22.8. The van der Waals surface area contributed by atoms with Crippen LogP contribution in [0.3, 0.4) is 0 Å². The van der Waals surface area contributed by atoms with Gasteiger partial charge in [-0.3, -0.25) is 14.9 Å². The smallest absolute Gasteiger partial charge is 0.311 e. The molecule has 0 aliphatic carbocycles. The maximum absolute atomic E-state index is 12.9. The fourth-order valence-corrected chi connectivity index (χ4v) is 2.20. The van der Waals surface area contributed by atoms with E-state index in [9.17, 15) is 24.6 Å². The third-order valence-corrected chi connectivity index (χ3v) is 3.49. The highest BCUT2D eigenvalue weighted by molar-refractivity contribution is 6.09. The topological polar surface area (TPSA) is 114 Å². The van der Waals surface area contributed by atoms with E-state index in [1.807, 2.05) is 0 Å². The number of carbonyl (C=O) groups excluding carboxylic acids is 1. The number of halogens is 1. The van der Waals surface area contributed by atoms with Crippen LogP contribution in [0.25, 0.3) is 6.08 Å². The molecule has 138 valence electrons. The Hall–Kier alpha value is -3.93. The van der Waals surface area contributed by atoms with Gasteiger partial charge in [0, 0.05) is 23.4 Å². The number of carbonyl (C=O) groups is 1. The lowest BCUT2D eigenvalue weighted by atomic mass is 10.1. The third-order valence-electron chi connectivity index (χ3n) is 3.49. The second-order valence-corrected chi connectivity index (χ2v) is 5.15. The Morgan fingerprint density at radius 1 is 1.22 bits per heavy atom. The van der Waals surface area contributed by atoms with E-state index in [4.69, 9.17) is 9.47 Å². The predicted octanol–water partition coefficient (Wildman–Crippen LogP) is 3.30. The molecule has 0 saturated carbocycles. The molecule has 0 bridgehead atoms. The van der Waals surface area contributed by atoms with Crippen molar-refractivity contribution in [2.24, 2.45) is 0 Å². The Morgan fingerprint density at radius 2 is 1.85 bits per heavy atom. The Labute approximate surface area is 153 Å². The lowest BCUT2D eigenvalue weighted by Crippen LogP contribution is -2.13. The van der Waals surface area contributed by atoms with Gasteiger partial charge in [-0.25, -0.2) is 4.39 Å². The summed E-state index contributed by atoms with van der Waals surface area (Å²) in [6.07, 6.45) is 1.16. The maximum Gasteiger partial charge on any atom is 0.311 e. The first-order chi connectivity index (χ1) is 12.9. The van der Waals surface area contributed by atoms with Gasteiger partial charge in [-0.1, -0.05) is 0 Å². The minimum atomic E-state index is -0.760. The van der Waals surface area contributed by atoms with Gasteiger partial charge in [0.05, 0.1) is 19.1 Å². The van der Waals surface area contributed by atoms with Crippen molar-refractivity contribution >= 4 is 23.4 Å². The number of nitrogens with zero attached hydrogens (tertiary/aromatic N) is 2. The van der Waals surface area contributed by atoms with E-state index in [2.05, 4.69) is 5.32 Å². The SMILES string of the molecule is COc1cc(OC)c([N+](=O)[O-])cc1/C=C(\C#N)C(=O)Nc1ccc(F)cc1. The fraction of sp³-hybridized carbons (Fsp3) is 0.111. The molecule has 0 spiro atoms. The number of nitro groups is 1. The zero-order valence-electron chi connectivity index (χ0n) is 14.4. The summed E-state index contributed by atoms with van der Waals surface area (Å²) in [5, 5.41) is 22.9. The molecule has 0 saturated heterocycles. The monoisotopic (exact) mass is 371 g/mol. The van der Waals surface area contributed by atoms with E-state index < -0.39 is 16.6 Å². The number of nitrogens with one attached hydrogen (secondary N) is 1. The van der Waals surface area contributed by atoms with Gasteiger partial charge in [0.2, 0.25) is 5.75 Å². The Morgan fingerprint density at radius 3 is 2.37 bits per heavy atom. The molecule has 0 unspecified atom stereocenters. The number of hydrogen-bond acceptors (Lipinski definition) is 6. The number of benzene rings is 2. The van der Waals surface area contributed by atoms with Gasteiger partial charge < -0.3 is 14.8 Å². The molecule has 0 aliphatic rings. The third kappa shape index (κ3) is 4.58. The van der Waals surface area contributed by atoms with E-state index in [0.29, 0.717) is 0 Å². The average molecular weight is 371 g/mol. The molecular formula is C18H14FN3O5. The van der Waals surface area contributed by atoms with Crippen LogP contribution < -0.4 is 14.8 Å². The molecule has 2 aromatic rings. The highest BCUT2D eigenvalue weighted by atomic mass is 19.1. The van der Waals surface area contributed by atoms with Crippen LogP contribution in [-0.2, 0) is 4.79 Å². The second-order valence-electron chi connectivity index (χ2n) is 5.15. The zero-order chi connectivity index (χ0) is 20.0. The first kappa shape index (κ1) is 19.4.